The van der Waals surface area contributed by atoms with Gasteiger partial charge in [-0.05, 0) is 48.9 Å². The Hall–Kier alpha value is -2.68. The fourth-order valence-corrected chi connectivity index (χ4v) is 5.08. The molecule has 1 saturated carbocycles. The van der Waals surface area contributed by atoms with E-state index in [1.165, 1.54) is 31.0 Å². The fraction of sp³-hybridized carbons (Fsp3) is 0.476. The number of nitrogen functional groups attached to an aromatic ring is 1. The number of nitrogens with two attached hydrogens (primary N) is 1. The highest BCUT2D eigenvalue weighted by molar-refractivity contribution is 7.90. The molecule has 4 heterocycles. The van der Waals surface area contributed by atoms with E-state index in [0.717, 1.165) is 18.8 Å². The number of anilines is 2. The van der Waals surface area contributed by atoms with E-state index in [9.17, 15) is 13.2 Å². The molecule has 5 rings (SSSR count). The third kappa shape index (κ3) is 3.98. The smallest absolute Gasteiger partial charge is 0.281 e. The van der Waals surface area contributed by atoms with Gasteiger partial charge in [0.15, 0.2) is 5.03 Å². The van der Waals surface area contributed by atoms with Crippen LogP contribution in [0.1, 0.15) is 49.7 Å². The normalized spacial score (nSPS) is 21.1. The lowest BCUT2D eigenvalue weighted by molar-refractivity contribution is 0.0980. The van der Waals surface area contributed by atoms with E-state index in [2.05, 4.69) is 35.4 Å². The molecule has 0 unspecified atom stereocenters. The monoisotopic (exact) mass is 429 g/mol. The molecule has 0 radical (unpaired) electrons. The summed E-state index contributed by atoms with van der Waals surface area (Å²) in [5, 5.41) is -0.295. The minimum absolute atomic E-state index is 0.0646. The Morgan fingerprint density at radius 3 is 2.37 bits per heavy atom. The summed E-state index contributed by atoms with van der Waals surface area (Å²) in [5.74, 6) is 1.11. The summed E-state index contributed by atoms with van der Waals surface area (Å²) in [5.41, 5.74) is 6.50. The van der Waals surface area contributed by atoms with Crippen LogP contribution < -0.4 is 15.4 Å². The summed E-state index contributed by atoms with van der Waals surface area (Å²) in [4.78, 5) is 23.8. The molecule has 2 aromatic rings. The average molecular weight is 430 g/mol. The number of amides is 1. The topological polar surface area (TPSA) is 118 Å². The van der Waals surface area contributed by atoms with Crippen molar-refractivity contribution in [1.29, 1.82) is 0 Å². The third-order valence-electron chi connectivity index (χ3n) is 5.73. The first kappa shape index (κ1) is 20.6. The largest absolute Gasteiger partial charge is 0.384 e. The van der Waals surface area contributed by atoms with Gasteiger partial charge >= 0.3 is 0 Å². The molecular formula is C21H27N5O3S. The van der Waals surface area contributed by atoms with Gasteiger partial charge in [0, 0.05) is 24.2 Å². The van der Waals surface area contributed by atoms with Gasteiger partial charge in [0.1, 0.15) is 11.6 Å². The maximum Gasteiger partial charge on any atom is 0.281 e. The number of piperidine rings is 2. The second-order valence-electron chi connectivity index (χ2n) is 9.26. The van der Waals surface area contributed by atoms with E-state index in [4.69, 9.17) is 10.7 Å². The second kappa shape index (κ2) is 7.23. The zero-order valence-corrected chi connectivity index (χ0v) is 18.2. The molecule has 2 aliphatic heterocycles. The first-order valence-corrected chi connectivity index (χ1v) is 11.6. The molecule has 3 N–H and O–H groups in total. The van der Waals surface area contributed by atoms with Crippen LogP contribution in [0.2, 0.25) is 0 Å². The average Bonchev–Trinajstić information content (AvgIpc) is 2.66. The van der Waals surface area contributed by atoms with Crippen LogP contribution in [0, 0.1) is 11.8 Å². The van der Waals surface area contributed by atoms with Crippen molar-refractivity contribution in [2.24, 2.45) is 11.8 Å². The lowest BCUT2D eigenvalue weighted by atomic mass is 9.71. The summed E-state index contributed by atoms with van der Waals surface area (Å²) < 4.78 is 27.4. The summed E-state index contributed by atoms with van der Waals surface area (Å²) in [6, 6.07) is 7.71. The zero-order valence-electron chi connectivity index (χ0n) is 17.4. The third-order valence-corrected chi connectivity index (χ3v) is 6.96. The first-order chi connectivity index (χ1) is 14.0. The van der Waals surface area contributed by atoms with E-state index in [1.54, 1.807) is 12.1 Å². The molecule has 8 nitrogen and oxygen atoms in total. The van der Waals surface area contributed by atoms with Gasteiger partial charge < -0.3 is 10.6 Å². The van der Waals surface area contributed by atoms with Crippen molar-refractivity contribution in [3.8, 4) is 0 Å². The van der Waals surface area contributed by atoms with Crippen LogP contribution in [-0.2, 0) is 15.4 Å². The number of carbonyl (C=O) groups is 1. The Bertz CT molecular complexity index is 1080. The van der Waals surface area contributed by atoms with Gasteiger partial charge in [0.25, 0.3) is 15.9 Å². The predicted octanol–water partition coefficient (Wildman–Crippen LogP) is 2.32. The number of sulfonamides is 1. The van der Waals surface area contributed by atoms with E-state index in [0.29, 0.717) is 17.7 Å². The van der Waals surface area contributed by atoms with Crippen LogP contribution >= 0.6 is 0 Å². The lowest BCUT2D eigenvalue weighted by Crippen LogP contribution is -2.49. The quantitative estimate of drug-likeness (QED) is 0.766. The lowest BCUT2D eigenvalue weighted by Gasteiger charge is -2.48. The van der Waals surface area contributed by atoms with Crippen molar-refractivity contribution in [2.45, 2.75) is 44.1 Å². The molecule has 0 atom stereocenters. The van der Waals surface area contributed by atoms with Crippen molar-refractivity contribution in [3.63, 3.8) is 0 Å². The maximum absolute atomic E-state index is 13.0. The number of carbonyl (C=O) groups excluding carboxylic acids is 1. The van der Waals surface area contributed by atoms with Gasteiger partial charge in [-0.2, -0.15) is 8.42 Å². The Labute approximate surface area is 177 Å². The number of aromatic nitrogens is 2. The fourth-order valence-electron chi connectivity index (χ4n) is 4.14. The van der Waals surface area contributed by atoms with Gasteiger partial charge in [0.2, 0.25) is 0 Å². The zero-order chi connectivity index (χ0) is 21.7. The van der Waals surface area contributed by atoms with Gasteiger partial charge in [-0.25, -0.2) is 14.7 Å². The van der Waals surface area contributed by atoms with Crippen molar-refractivity contribution in [3.05, 3.63) is 41.6 Å². The Kier molecular flexibility index (Phi) is 4.96. The molecule has 9 heteroatoms. The number of hydrogen-bond acceptors (Lipinski definition) is 7. The molecule has 0 aromatic carbocycles. The molecule has 2 aromatic heterocycles. The highest BCUT2D eigenvalue weighted by atomic mass is 32.2. The maximum atomic E-state index is 13.0. The molecule has 1 amide bonds. The predicted molar refractivity (Wildman–Crippen MR) is 115 cm³/mol. The van der Waals surface area contributed by atoms with Crippen LogP contribution in [0.5, 0.6) is 0 Å². The van der Waals surface area contributed by atoms with Crippen molar-refractivity contribution in [1.82, 2.24) is 14.7 Å². The molecule has 2 bridgehead atoms. The molecule has 3 aliphatic rings. The van der Waals surface area contributed by atoms with Crippen molar-refractivity contribution >= 4 is 27.6 Å². The molecule has 3 fully saturated rings. The van der Waals surface area contributed by atoms with Crippen LogP contribution in [0.15, 0.2) is 35.4 Å². The van der Waals surface area contributed by atoms with Crippen molar-refractivity contribution in [2.75, 3.05) is 23.7 Å². The molecule has 160 valence electrons. The number of hydrogen-bond donors (Lipinski definition) is 2. The number of rotatable bonds is 4. The Morgan fingerprint density at radius 1 is 1.10 bits per heavy atom. The number of fused-ring (bicyclic) bond motifs is 2. The summed E-state index contributed by atoms with van der Waals surface area (Å²) in [6.45, 7) is 7.84. The standard InChI is InChI=1S/C21H27N5O3S/c1-21(2,3)16-8-7-15(19(23-16)26-11-13-9-14(10-13)12-26)20(27)25-30(28,29)18-6-4-5-17(22)24-18/h4-8,13-14H,9-12H2,1-3H3,(H2,22,24)(H,25,27). The number of nitrogens with one attached hydrogen (secondary N) is 1. The van der Waals surface area contributed by atoms with Crippen LogP contribution in [0.25, 0.3) is 0 Å². The minimum atomic E-state index is -4.16. The number of pyridine rings is 2. The Morgan fingerprint density at radius 2 is 1.77 bits per heavy atom. The van der Waals surface area contributed by atoms with Crippen LogP contribution in [-0.4, -0.2) is 37.4 Å². The number of nitrogens with zero attached hydrogens (tertiary/aromatic N) is 3. The summed E-state index contributed by atoms with van der Waals surface area (Å²) in [6.07, 6.45) is 2.43. The second-order valence-corrected chi connectivity index (χ2v) is 10.9. The van der Waals surface area contributed by atoms with E-state index in [1.807, 2.05) is 0 Å². The first-order valence-electron chi connectivity index (χ1n) is 10.1. The van der Waals surface area contributed by atoms with E-state index < -0.39 is 15.9 Å². The van der Waals surface area contributed by atoms with Crippen LogP contribution in [0.4, 0.5) is 11.6 Å². The SMILES string of the molecule is CC(C)(C)c1ccc(C(=O)NS(=O)(=O)c2cccc(N)n2)c(N2CC3CC(C3)C2)n1. The van der Waals surface area contributed by atoms with Gasteiger partial charge in [-0.1, -0.05) is 26.8 Å². The van der Waals surface area contributed by atoms with Gasteiger partial charge in [-0.3, -0.25) is 4.79 Å². The minimum Gasteiger partial charge on any atom is -0.384 e. The van der Waals surface area contributed by atoms with Crippen LogP contribution in [0.3, 0.4) is 0 Å². The molecule has 1 aliphatic carbocycles. The van der Waals surface area contributed by atoms with Gasteiger partial charge in [0.05, 0.1) is 5.56 Å². The summed E-state index contributed by atoms with van der Waals surface area (Å²) in [7, 11) is -4.16. The highest BCUT2D eigenvalue weighted by Gasteiger charge is 2.39. The summed E-state index contributed by atoms with van der Waals surface area (Å²) >= 11 is 0. The van der Waals surface area contributed by atoms with E-state index >= 15 is 0 Å². The molecule has 0 spiro atoms. The Balaban J connectivity index is 1.67. The molecule has 2 saturated heterocycles. The van der Waals surface area contributed by atoms with Crippen molar-refractivity contribution < 1.29 is 13.2 Å². The van der Waals surface area contributed by atoms with Gasteiger partial charge in [-0.15, -0.1) is 0 Å². The molecular weight excluding hydrogens is 402 g/mol. The molecule has 30 heavy (non-hydrogen) atoms. The highest BCUT2D eigenvalue weighted by Crippen LogP contribution is 2.41. The van der Waals surface area contributed by atoms with E-state index in [-0.39, 0.29) is 21.8 Å².